The highest BCUT2D eigenvalue weighted by atomic mass is 32.1. The standard InChI is InChI=1S/C10H15NO2S/c1-4-5-8-11-7(3)9(14-8)6(2)10(12)13/h6H,4-5H2,1-3H3,(H,12,13). The van der Waals surface area contributed by atoms with Crippen LogP contribution in [0.5, 0.6) is 0 Å². The number of nitrogens with zero attached hydrogens (tertiary/aromatic N) is 1. The average molecular weight is 213 g/mol. The van der Waals surface area contributed by atoms with E-state index in [9.17, 15) is 4.79 Å². The summed E-state index contributed by atoms with van der Waals surface area (Å²) in [5.41, 5.74) is 0.869. The van der Waals surface area contributed by atoms with E-state index in [4.69, 9.17) is 5.11 Å². The van der Waals surface area contributed by atoms with Crippen molar-refractivity contribution in [1.82, 2.24) is 4.98 Å². The third-order valence-corrected chi connectivity index (χ3v) is 3.50. The van der Waals surface area contributed by atoms with Crippen molar-refractivity contribution in [3.8, 4) is 0 Å². The van der Waals surface area contributed by atoms with Gasteiger partial charge in [-0.2, -0.15) is 0 Å². The molecule has 0 fully saturated rings. The van der Waals surface area contributed by atoms with Crippen LogP contribution in [0.4, 0.5) is 0 Å². The van der Waals surface area contributed by atoms with Crippen molar-refractivity contribution >= 4 is 17.3 Å². The van der Waals surface area contributed by atoms with Gasteiger partial charge in [-0.1, -0.05) is 6.92 Å². The summed E-state index contributed by atoms with van der Waals surface area (Å²) in [6.07, 6.45) is 1.99. The molecule has 0 aliphatic carbocycles. The van der Waals surface area contributed by atoms with Crippen molar-refractivity contribution in [1.29, 1.82) is 0 Å². The second kappa shape index (κ2) is 4.55. The maximum atomic E-state index is 10.8. The molecule has 3 nitrogen and oxygen atoms in total. The van der Waals surface area contributed by atoms with Gasteiger partial charge >= 0.3 is 5.97 Å². The summed E-state index contributed by atoms with van der Waals surface area (Å²) in [4.78, 5) is 16.0. The van der Waals surface area contributed by atoms with Crippen LogP contribution in [0, 0.1) is 6.92 Å². The molecule has 0 saturated carbocycles. The molecule has 0 aromatic carbocycles. The summed E-state index contributed by atoms with van der Waals surface area (Å²) in [6, 6.07) is 0. The lowest BCUT2D eigenvalue weighted by Crippen LogP contribution is -2.06. The van der Waals surface area contributed by atoms with E-state index in [1.165, 1.54) is 11.3 Å². The van der Waals surface area contributed by atoms with Gasteiger partial charge in [-0.25, -0.2) is 4.98 Å². The molecule has 0 saturated heterocycles. The summed E-state index contributed by atoms with van der Waals surface area (Å²) >= 11 is 1.53. The van der Waals surface area contributed by atoms with Crippen LogP contribution in [0.3, 0.4) is 0 Å². The number of aryl methyl sites for hydroxylation is 2. The van der Waals surface area contributed by atoms with Gasteiger partial charge in [0.2, 0.25) is 0 Å². The Morgan fingerprint density at radius 3 is 2.79 bits per heavy atom. The molecular weight excluding hydrogens is 198 g/mol. The predicted molar refractivity (Wildman–Crippen MR) is 56.9 cm³/mol. The molecule has 78 valence electrons. The van der Waals surface area contributed by atoms with Gasteiger partial charge in [-0.05, 0) is 26.7 Å². The van der Waals surface area contributed by atoms with Crippen molar-refractivity contribution in [2.24, 2.45) is 0 Å². The Morgan fingerprint density at radius 1 is 1.64 bits per heavy atom. The third kappa shape index (κ3) is 2.32. The van der Waals surface area contributed by atoms with E-state index < -0.39 is 11.9 Å². The van der Waals surface area contributed by atoms with Crippen LogP contribution in [0.25, 0.3) is 0 Å². The lowest BCUT2D eigenvalue weighted by Gasteiger charge is -2.02. The van der Waals surface area contributed by atoms with Crippen LogP contribution in [0.1, 0.15) is 41.8 Å². The van der Waals surface area contributed by atoms with Crippen LogP contribution in [0.15, 0.2) is 0 Å². The summed E-state index contributed by atoms with van der Waals surface area (Å²) in [7, 11) is 0. The van der Waals surface area contributed by atoms with Crippen LogP contribution in [-0.2, 0) is 11.2 Å². The molecule has 4 heteroatoms. The first-order chi connectivity index (χ1) is 6.56. The van der Waals surface area contributed by atoms with E-state index in [1.807, 2.05) is 6.92 Å². The first-order valence-electron chi connectivity index (χ1n) is 4.75. The summed E-state index contributed by atoms with van der Waals surface area (Å²) in [5.74, 6) is -1.21. The molecular formula is C10H15NO2S. The highest BCUT2D eigenvalue weighted by molar-refractivity contribution is 7.12. The van der Waals surface area contributed by atoms with Crippen molar-refractivity contribution in [2.75, 3.05) is 0 Å². The number of hydrogen-bond donors (Lipinski definition) is 1. The molecule has 1 aromatic rings. The minimum atomic E-state index is -0.778. The number of carboxylic acid groups (broad SMARTS) is 1. The van der Waals surface area contributed by atoms with E-state index in [0.29, 0.717) is 0 Å². The lowest BCUT2D eigenvalue weighted by atomic mass is 10.1. The van der Waals surface area contributed by atoms with Crippen molar-refractivity contribution in [3.05, 3.63) is 15.6 Å². The largest absolute Gasteiger partial charge is 0.481 e. The van der Waals surface area contributed by atoms with E-state index in [1.54, 1.807) is 6.92 Å². The Kier molecular flexibility index (Phi) is 3.63. The first-order valence-corrected chi connectivity index (χ1v) is 5.57. The highest BCUT2D eigenvalue weighted by Gasteiger charge is 2.19. The molecule has 1 heterocycles. The second-order valence-corrected chi connectivity index (χ2v) is 4.48. The number of carbonyl (C=O) groups is 1. The van der Waals surface area contributed by atoms with Gasteiger partial charge in [0, 0.05) is 4.88 Å². The molecule has 14 heavy (non-hydrogen) atoms. The number of hydrogen-bond acceptors (Lipinski definition) is 3. The normalized spacial score (nSPS) is 12.8. The summed E-state index contributed by atoms with van der Waals surface area (Å²) < 4.78 is 0. The van der Waals surface area contributed by atoms with Gasteiger partial charge in [0.05, 0.1) is 16.6 Å². The smallest absolute Gasteiger partial charge is 0.311 e. The Labute approximate surface area is 87.8 Å². The first kappa shape index (κ1) is 11.2. The quantitative estimate of drug-likeness (QED) is 0.836. The highest BCUT2D eigenvalue weighted by Crippen LogP contribution is 2.27. The minimum Gasteiger partial charge on any atom is -0.481 e. The van der Waals surface area contributed by atoms with Gasteiger partial charge in [0.1, 0.15) is 0 Å². The Balaban J connectivity index is 2.92. The molecule has 1 atom stereocenters. The Hall–Kier alpha value is -0.900. The zero-order chi connectivity index (χ0) is 10.7. The lowest BCUT2D eigenvalue weighted by molar-refractivity contribution is -0.138. The van der Waals surface area contributed by atoms with Gasteiger partial charge in [-0.15, -0.1) is 11.3 Å². The fourth-order valence-corrected chi connectivity index (χ4v) is 2.51. The second-order valence-electron chi connectivity index (χ2n) is 3.37. The number of aromatic nitrogens is 1. The van der Waals surface area contributed by atoms with Gasteiger partial charge < -0.3 is 5.11 Å². The predicted octanol–water partition coefficient (Wildman–Crippen LogP) is 2.59. The number of carboxylic acids is 1. The van der Waals surface area contributed by atoms with Crippen LogP contribution >= 0.6 is 11.3 Å². The van der Waals surface area contributed by atoms with Crippen LogP contribution < -0.4 is 0 Å². The third-order valence-electron chi connectivity index (χ3n) is 2.10. The zero-order valence-corrected chi connectivity index (χ0v) is 9.52. The van der Waals surface area contributed by atoms with Crippen molar-refractivity contribution in [3.63, 3.8) is 0 Å². The molecule has 0 aliphatic rings. The number of aliphatic carboxylic acids is 1. The molecule has 1 unspecified atom stereocenters. The van der Waals surface area contributed by atoms with Gasteiger partial charge in [0.15, 0.2) is 0 Å². The monoisotopic (exact) mass is 213 g/mol. The average Bonchev–Trinajstić information content (AvgIpc) is 2.46. The molecule has 1 rings (SSSR count). The molecule has 1 N–H and O–H groups in total. The Bertz CT molecular complexity index is 333. The topological polar surface area (TPSA) is 50.2 Å². The zero-order valence-electron chi connectivity index (χ0n) is 8.70. The molecule has 0 aliphatic heterocycles. The molecule has 0 amide bonds. The summed E-state index contributed by atoms with van der Waals surface area (Å²) in [5, 5.41) is 9.93. The maximum absolute atomic E-state index is 10.8. The number of thiazole rings is 1. The SMILES string of the molecule is CCCc1nc(C)c(C(C)C(=O)O)s1. The Morgan fingerprint density at radius 2 is 2.29 bits per heavy atom. The van der Waals surface area contributed by atoms with E-state index in [2.05, 4.69) is 11.9 Å². The minimum absolute atomic E-state index is 0.432. The van der Waals surface area contributed by atoms with E-state index in [-0.39, 0.29) is 0 Å². The fraction of sp³-hybridized carbons (Fsp3) is 0.600. The van der Waals surface area contributed by atoms with Crippen molar-refractivity contribution in [2.45, 2.75) is 39.5 Å². The fourth-order valence-electron chi connectivity index (χ4n) is 1.30. The van der Waals surface area contributed by atoms with Gasteiger partial charge in [-0.3, -0.25) is 4.79 Å². The molecule has 0 radical (unpaired) electrons. The van der Waals surface area contributed by atoms with Gasteiger partial charge in [0.25, 0.3) is 0 Å². The molecule has 0 spiro atoms. The van der Waals surface area contributed by atoms with E-state index >= 15 is 0 Å². The molecule has 0 bridgehead atoms. The van der Waals surface area contributed by atoms with Crippen LogP contribution in [-0.4, -0.2) is 16.1 Å². The van der Waals surface area contributed by atoms with Crippen LogP contribution in [0.2, 0.25) is 0 Å². The maximum Gasteiger partial charge on any atom is 0.311 e. The summed E-state index contributed by atoms with van der Waals surface area (Å²) in [6.45, 7) is 5.68. The molecule has 1 aromatic heterocycles. The van der Waals surface area contributed by atoms with E-state index in [0.717, 1.165) is 28.4 Å². The number of rotatable bonds is 4. The van der Waals surface area contributed by atoms with Crippen molar-refractivity contribution < 1.29 is 9.90 Å².